The zero-order chi connectivity index (χ0) is 13.5. The third-order valence-electron chi connectivity index (χ3n) is 4.31. The zero-order valence-electron chi connectivity index (χ0n) is 11.7. The lowest BCUT2D eigenvalue weighted by molar-refractivity contribution is 0.0587. The molecule has 2 amide bonds. The highest BCUT2D eigenvalue weighted by atomic mass is 16.5. The summed E-state index contributed by atoms with van der Waals surface area (Å²) in [6.07, 6.45) is 7.99. The van der Waals surface area contributed by atoms with Crippen molar-refractivity contribution in [3.63, 3.8) is 0 Å². The molecule has 4 N–H and O–H groups in total. The maximum atomic E-state index is 11.8. The molecule has 2 aliphatic rings. The van der Waals surface area contributed by atoms with Gasteiger partial charge in [0.1, 0.15) is 0 Å². The first-order valence-corrected chi connectivity index (χ1v) is 7.63. The lowest BCUT2D eigenvalue weighted by atomic mass is 9.92. The molecular weight excluding hydrogens is 242 g/mol. The molecule has 1 heterocycles. The van der Waals surface area contributed by atoms with Gasteiger partial charge in [-0.05, 0) is 31.6 Å². The molecule has 0 aromatic rings. The summed E-state index contributed by atoms with van der Waals surface area (Å²) in [5.74, 6) is 0.476. The number of urea groups is 1. The van der Waals surface area contributed by atoms with Gasteiger partial charge in [-0.2, -0.15) is 0 Å². The van der Waals surface area contributed by atoms with E-state index >= 15 is 0 Å². The molecule has 0 bridgehead atoms. The van der Waals surface area contributed by atoms with Gasteiger partial charge in [-0.15, -0.1) is 0 Å². The smallest absolute Gasteiger partial charge is 0.315 e. The monoisotopic (exact) mass is 269 g/mol. The fourth-order valence-corrected chi connectivity index (χ4v) is 3.00. The van der Waals surface area contributed by atoms with E-state index in [0.29, 0.717) is 18.5 Å². The normalized spacial score (nSPS) is 23.8. The van der Waals surface area contributed by atoms with Crippen LogP contribution in [0.2, 0.25) is 0 Å². The van der Waals surface area contributed by atoms with E-state index in [2.05, 4.69) is 10.6 Å². The van der Waals surface area contributed by atoms with Gasteiger partial charge < -0.3 is 21.1 Å². The first-order valence-electron chi connectivity index (χ1n) is 7.63. The molecule has 1 atom stereocenters. The molecule has 5 heteroatoms. The third kappa shape index (κ3) is 4.99. The predicted octanol–water partition coefficient (Wildman–Crippen LogP) is 1.37. The Morgan fingerprint density at radius 1 is 1.16 bits per heavy atom. The quantitative estimate of drug-likeness (QED) is 0.721. The van der Waals surface area contributed by atoms with E-state index in [1.807, 2.05) is 0 Å². The van der Waals surface area contributed by atoms with Gasteiger partial charge in [0.25, 0.3) is 0 Å². The lowest BCUT2D eigenvalue weighted by Gasteiger charge is -2.28. The summed E-state index contributed by atoms with van der Waals surface area (Å²) >= 11 is 0. The van der Waals surface area contributed by atoms with Crippen LogP contribution in [0.5, 0.6) is 0 Å². The number of carbonyl (C=O) groups excluding carboxylic acids is 1. The second-order valence-corrected chi connectivity index (χ2v) is 5.80. The molecule has 19 heavy (non-hydrogen) atoms. The van der Waals surface area contributed by atoms with Gasteiger partial charge in [-0.1, -0.05) is 19.3 Å². The Kier molecular flexibility index (Phi) is 5.92. The number of hydrogen-bond acceptors (Lipinski definition) is 3. The minimum atomic E-state index is -0.0607. The van der Waals surface area contributed by atoms with Crippen LogP contribution in [0.25, 0.3) is 0 Å². The zero-order valence-corrected chi connectivity index (χ0v) is 11.7. The molecule has 2 rings (SSSR count). The standard InChI is InChI=1S/C14H27N3O2/c15-13(11-6-8-19-9-7-11)10-16-14(18)17-12-4-2-1-3-5-12/h11-13H,1-10,15H2,(H2,16,17,18). The van der Waals surface area contributed by atoms with Crippen molar-refractivity contribution in [2.75, 3.05) is 19.8 Å². The van der Waals surface area contributed by atoms with E-state index in [4.69, 9.17) is 10.5 Å². The Labute approximate surface area is 115 Å². The van der Waals surface area contributed by atoms with Gasteiger partial charge in [0.2, 0.25) is 0 Å². The van der Waals surface area contributed by atoms with Gasteiger partial charge >= 0.3 is 6.03 Å². The van der Waals surface area contributed by atoms with Crippen LogP contribution in [-0.2, 0) is 4.74 Å². The first kappa shape index (κ1) is 14.6. The summed E-state index contributed by atoms with van der Waals surface area (Å²) in [6.45, 7) is 2.16. The molecule has 0 aromatic heterocycles. The molecule has 1 aliphatic carbocycles. The highest BCUT2D eigenvalue weighted by Gasteiger charge is 2.22. The van der Waals surface area contributed by atoms with Crippen molar-refractivity contribution in [2.45, 2.75) is 57.0 Å². The minimum absolute atomic E-state index is 0.0426. The Morgan fingerprint density at radius 2 is 1.84 bits per heavy atom. The first-order chi connectivity index (χ1) is 9.25. The number of nitrogens with two attached hydrogens (primary N) is 1. The maximum absolute atomic E-state index is 11.8. The van der Waals surface area contributed by atoms with Crippen LogP contribution in [0.4, 0.5) is 4.79 Å². The Bertz CT molecular complexity index is 274. The van der Waals surface area contributed by atoms with Crippen LogP contribution in [0.1, 0.15) is 44.9 Å². The average Bonchev–Trinajstić information content (AvgIpc) is 2.47. The SMILES string of the molecule is NC(CNC(=O)NC1CCCCC1)C1CCOCC1. The second-order valence-electron chi connectivity index (χ2n) is 5.80. The van der Waals surface area contributed by atoms with E-state index in [9.17, 15) is 4.79 Å². The van der Waals surface area contributed by atoms with Crippen LogP contribution in [-0.4, -0.2) is 37.9 Å². The maximum Gasteiger partial charge on any atom is 0.315 e. The van der Waals surface area contributed by atoms with Gasteiger partial charge in [0.15, 0.2) is 0 Å². The molecule has 1 saturated heterocycles. The molecule has 0 spiro atoms. The van der Waals surface area contributed by atoms with E-state index in [1.54, 1.807) is 0 Å². The van der Waals surface area contributed by atoms with E-state index < -0.39 is 0 Å². The molecule has 1 unspecified atom stereocenters. The van der Waals surface area contributed by atoms with Crippen molar-refractivity contribution in [1.82, 2.24) is 10.6 Å². The van der Waals surface area contributed by atoms with E-state index in [0.717, 1.165) is 38.9 Å². The van der Waals surface area contributed by atoms with Crippen molar-refractivity contribution in [3.8, 4) is 0 Å². The Hall–Kier alpha value is -0.810. The highest BCUT2D eigenvalue weighted by molar-refractivity contribution is 5.74. The molecule has 0 radical (unpaired) electrons. The van der Waals surface area contributed by atoms with Crippen molar-refractivity contribution < 1.29 is 9.53 Å². The topological polar surface area (TPSA) is 76.4 Å². The number of amides is 2. The van der Waals surface area contributed by atoms with E-state index in [1.165, 1.54) is 19.3 Å². The number of carbonyl (C=O) groups is 1. The van der Waals surface area contributed by atoms with Crippen molar-refractivity contribution in [1.29, 1.82) is 0 Å². The van der Waals surface area contributed by atoms with Gasteiger partial charge in [-0.3, -0.25) is 0 Å². The summed E-state index contributed by atoms with van der Waals surface area (Å²) in [6, 6.07) is 0.337. The van der Waals surface area contributed by atoms with Gasteiger partial charge in [0.05, 0.1) is 0 Å². The van der Waals surface area contributed by atoms with Crippen LogP contribution >= 0.6 is 0 Å². The summed E-state index contributed by atoms with van der Waals surface area (Å²) in [7, 11) is 0. The van der Waals surface area contributed by atoms with Crippen molar-refractivity contribution >= 4 is 6.03 Å². The van der Waals surface area contributed by atoms with Crippen LogP contribution in [0, 0.1) is 5.92 Å². The average molecular weight is 269 g/mol. The molecule has 1 saturated carbocycles. The fourth-order valence-electron chi connectivity index (χ4n) is 3.00. The number of ether oxygens (including phenoxy) is 1. The summed E-state index contributed by atoms with van der Waals surface area (Å²) in [4.78, 5) is 11.8. The lowest BCUT2D eigenvalue weighted by Crippen LogP contribution is -2.49. The number of nitrogens with one attached hydrogen (secondary N) is 2. The number of hydrogen-bond donors (Lipinski definition) is 3. The summed E-state index contributed by atoms with van der Waals surface area (Å²) < 4.78 is 5.32. The molecule has 5 nitrogen and oxygen atoms in total. The molecule has 0 aromatic carbocycles. The fraction of sp³-hybridized carbons (Fsp3) is 0.929. The van der Waals surface area contributed by atoms with E-state index in [-0.39, 0.29) is 12.1 Å². The van der Waals surface area contributed by atoms with Crippen LogP contribution < -0.4 is 16.4 Å². The molecule has 110 valence electrons. The summed E-state index contributed by atoms with van der Waals surface area (Å²) in [5.41, 5.74) is 6.13. The second kappa shape index (κ2) is 7.70. The predicted molar refractivity (Wildman–Crippen MR) is 74.9 cm³/mol. The molecular formula is C14H27N3O2. The third-order valence-corrected chi connectivity index (χ3v) is 4.31. The van der Waals surface area contributed by atoms with Crippen molar-refractivity contribution in [3.05, 3.63) is 0 Å². The minimum Gasteiger partial charge on any atom is -0.381 e. The Balaban J connectivity index is 1.61. The number of rotatable bonds is 4. The van der Waals surface area contributed by atoms with Crippen molar-refractivity contribution in [2.24, 2.45) is 11.7 Å². The van der Waals surface area contributed by atoms with Crippen LogP contribution in [0.15, 0.2) is 0 Å². The van der Waals surface area contributed by atoms with Gasteiger partial charge in [0, 0.05) is 31.8 Å². The van der Waals surface area contributed by atoms with Crippen LogP contribution in [0.3, 0.4) is 0 Å². The summed E-state index contributed by atoms with van der Waals surface area (Å²) in [5, 5.41) is 5.96. The molecule has 2 fully saturated rings. The Morgan fingerprint density at radius 3 is 2.53 bits per heavy atom. The van der Waals surface area contributed by atoms with Gasteiger partial charge in [-0.25, -0.2) is 4.79 Å². The molecule has 1 aliphatic heterocycles. The highest BCUT2D eigenvalue weighted by Crippen LogP contribution is 2.18. The largest absolute Gasteiger partial charge is 0.381 e.